The summed E-state index contributed by atoms with van der Waals surface area (Å²) in [4.78, 5) is 4.41. The SMILES string of the molecule is O=S(=O)(Nc1ccc(Cl)c2cccnc12)c1ccccc1. The Morgan fingerprint density at radius 2 is 1.71 bits per heavy atom. The van der Waals surface area contributed by atoms with Crippen molar-refractivity contribution in [2.45, 2.75) is 4.90 Å². The van der Waals surface area contributed by atoms with Gasteiger partial charge < -0.3 is 0 Å². The highest BCUT2D eigenvalue weighted by Gasteiger charge is 2.16. The van der Waals surface area contributed by atoms with Crippen LogP contribution in [0.4, 0.5) is 5.69 Å². The molecule has 0 aliphatic carbocycles. The van der Waals surface area contributed by atoms with Crippen molar-refractivity contribution in [3.8, 4) is 0 Å². The van der Waals surface area contributed by atoms with Crippen molar-refractivity contribution in [1.29, 1.82) is 0 Å². The van der Waals surface area contributed by atoms with Crippen LogP contribution in [0.5, 0.6) is 0 Å². The number of sulfonamides is 1. The minimum Gasteiger partial charge on any atom is -0.277 e. The maximum atomic E-state index is 12.4. The average molecular weight is 319 g/mol. The summed E-state index contributed by atoms with van der Waals surface area (Å²) in [6.45, 7) is 0. The van der Waals surface area contributed by atoms with Gasteiger partial charge in [0.05, 0.1) is 21.1 Å². The van der Waals surface area contributed by atoms with E-state index in [1.54, 1.807) is 48.7 Å². The second-order valence-corrected chi connectivity index (χ2v) is 6.50. The highest BCUT2D eigenvalue weighted by molar-refractivity contribution is 7.92. The first kappa shape index (κ1) is 13.9. The van der Waals surface area contributed by atoms with E-state index in [9.17, 15) is 8.42 Å². The van der Waals surface area contributed by atoms with Crippen molar-refractivity contribution in [3.05, 3.63) is 65.8 Å². The average Bonchev–Trinajstić information content (AvgIpc) is 2.51. The third-order valence-corrected chi connectivity index (χ3v) is 4.73. The Bertz CT molecular complexity index is 896. The Balaban J connectivity index is 2.09. The molecule has 0 saturated carbocycles. The minimum absolute atomic E-state index is 0.198. The maximum Gasteiger partial charge on any atom is 0.261 e. The number of fused-ring (bicyclic) bond motifs is 1. The molecule has 0 atom stereocenters. The second-order valence-electron chi connectivity index (χ2n) is 4.41. The lowest BCUT2D eigenvalue weighted by Gasteiger charge is -2.10. The number of benzene rings is 2. The Kier molecular flexibility index (Phi) is 3.53. The third-order valence-electron chi connectivity index (χ3n) is 3.01. The predicted octanol–water partition coefficient (Wildman–Crippen LogP) is 3.69. The van der Waals surface area contributed by atoms with E-state index in [4.69, 9.17) is 11.6 Å². The number of anilines is 1. The van der Waals surface area contributed by atoms with Crippen LogP contribution in [0, 0.1) is 0 Å². The van der Waals surface area contributed by atoms with Gasteiger partial charge in [-0.2, -0.15) is 0 Å². The van der Waals surface area contributed by atoms with Crippen LogP contribution in [0.15, 0.2) is 65.7 Å². The summed E-state index contributed by atoms with van der Waals surface area (Å²) in [5.74, 6) is 0. The molecule has 0 saturated heterocycles. The smallest absolute Gasteiger partial charge is 0.261 e. The predicted molar refractivity (Wildman–Crippen MR) is 84.0 cm³/mol. The van der Waals surface area contributed by atoms with Gasteiger partial charge in [-0.15, -0.1) is 0 Å². The summed E-state index contributed by atoms with van der Waals surface area (Å²) in [5, 5.41) is 1.23. The van der Waals surface area contributed by atoms with E-state index >= 15 is 0 Å². The normalized spacial score (nSPS) is 11.5. The fourth-order valence-corrected chi connectivity index (χ4v) is 3.33. The molecular weight excluding hydrogens is 308 g/mol. The molecule has 4 nitrogen and oxygen atoms in total. The van der Waals surface area contributed by atoms with E-state index in [1.807, 2.05) is 0 Å². The molecule has 0 fully saturated rings. The molecule has 0 spiro atoms. The van der Waals surface area contributed by atoms with Crippen LogP contribution < -0.4 is 4.72 Å². The molecular formula is C15H11ClN2O2S. The molecule has 0 bridgehead atoms. The van der Waals surface area contributed by atoms with Gasteiger partial charge in [-0.1, -0.05) is 29.8 Å². The molecule has 1 N–H and O–H groups in total. The van der Waals surface area contributed by atoms with Crippen LogP contribution in [0.1, 0.15) is 0 Å². The van der Waals surface area contributed by atoms with Gasteiger partial charge in [0, 0.05) is 11.6 Å². The van der Waals surface area contributed by atoms with Crippen molar-refractivity contribution >= 4 is 38.2 Å². The van der Waals surface area contributed by atoms with Crippen molar-refractivity contribution in [3.63, 3.8) is 0 Å². The lowest BCUT2D eigenvalue weighted by molar-refractivity contribution is 0.601. The van der Waals surface area contributed by atoms with Crippen LogP contribution in [0.25, 0.3) is 10.9 Å². The topological polar surface area (TPSA) is 59.1 Å². The minimum atomic E-state index is -3.65. The summed E-state index contributed by atoms with van der Waals surface area (Å²) in [6, 6.07) is 15.0. The molecule has 1 heterocycles. The second kappa shape index (κ2) is 5.35. The molecule has 0 aliphatic heterocycles. The van der Waals surface area contributed by atoms with E-state index in [0.29, 0.717) is 21.6 Å². The fraction of sp³-hybridized carbons (Fsp3) is 0. The largest absolute Gasteiger partial charge is 0.277 e. The Morgan fingerprint density at radius 3 is 2.48 bits per heavy atom. The number of halogens is 1. The zero-order valence-electron chi connectivity index (χ0n) is 10.8. The molecule has 2 aromatic carbocycles. The van der Waals surface area contributed by atoms with Crippen LogP contribution in [-0.2, 0) is 10.0 Å². The number of hydrogen-bond acceptors (Lipinski definition) is 3. The van der Waals surface area contributed by atoms with Gasteiger partial charge in [0.15, 0.2) is 0 Å². The van der Waals surface area contributed by atoms with Gasteiger partial charge in [-0.25, -0.2) is 8.42 Å². The molecule has 1 aromatic heterocycles. The van der Waals surface area contributed by atoms with Gasteiger partial charge in [0.25, 0.3) is 10.0 Å². The van der Waals surface area contributed by atoms with Crippen LogP contribution in [-0.4, -0.2) is 13.4 Å². The molecule has 21 heavy (non-hydrogen) atoms. The lowest BCUT2D eigenvalue weighted by Crippen LogP contribution is -2.13. The standard InChI is InChI=1S/C15H11ClN2O2S/c16-13-8-9-14(15-12(13)7-4-10-17-15)18-21(19,20)11-5-2-1-3-6-11/h1-10,18H. The Hall–Kier alpha value is -2.11. The number of rotatable bonds is 3. The molecule has 3 aromatic rings. The van der Waals surface area contributed by atoms with E-state index in [-0.39, 0.29) is 4.90 Å². The molecule has 0 aliphatic rings. The molecule has 0 amide bonds. The van der Waals surface area contributed by atoms with Gasteiger partial charge in [-0.05, 0) is 36.4 Å². The number of aromatic nitrogens is 1. The Morgan fingerprint density at radius 1 is 0.952 bits per heavy atom. The highest BCUT2D eigenvalue weighted by Crippen LogP contribution is 2.29. The highest BCUT2D eigenvalue weighted by atomic mass is 35.5. The van der Waals surface area contributed by atoms with Crippen molar-refractivity contribution in [2.24, 2.45) is 0 Å². The van der Waals surface area contributed by atoms with Gasteiger partial charge in [0.2, 0.25) is 0 Å². The van der Waals surface area contributed by atoms with E-state index in [1.165, 1.54) is 12.1 Å². The maximum absolute atomic E-state index is 12.4. The van der Waals surface area contributed by atoms with E-state index in [2.05, 4.69) is 9.71 Å². The first-order valence-electron chi connectivity index (χ1n) is 6.19. The number of nitrogens with zero attached hydrogens (tertiary/aromatic N) is 1. The first-order chi connectivity index (χ1) is 10.1. The van der Waals surface area contributed by atoms with Crippen molar-refractivity contribution in [2.75, 3.05) is 4.72 Å². The lowest BCUT2D eigenvalue weighted by atomic mass is 10.2. The number of pyridine rings is 1. The quantitative estimate of drug-likeness (QED) is 0.801. The summed E-state index contributed by atoms with van der Waals surface area (Å²) < 4.78 is 27.3. The molecule has 3 rings (SSSR count). The Labute approximate surface area is 127 Å². The van der Waals surface area contributed by atoms with Crippen LogP contribution in [0.2, 0.25) is 5.02 Å². The van der Waals surface area contributed by atoms with Crippen LogP contribution >= 0.6 is 11.6 Å². The fourth-order valence-electron chi connectivity index (χ4n) is 2.02. The summed E-state index contributed by atoms with van der Waals surface area (Å²) in [6.07, 6.45) is 1.60. The van der Waals surface area contributed by atoms with E-state index < -0.39 is 10.0 Å². The summed E-state index contributed by atoms with van der Waals surface area (Å²) >= 11 is 6.10. The number of nitrogens with one attached hydrogen (secondary N) is 1. The first-order valence-corrected chi connectivity index (χ1v) is 8.05. The van der Waals surface area contributed by atoms with E-state index in [0.717, 1.165) is 0 Å². The zero-order chi connectivity index (χ0) is 14.9. The van der Waals surface area contributed by atoms with Gasteiger partial charge >= 0.3 is 0 Å². The summed E-state index contributed by atoms with van der Waals surface area (Å²) in [5.41, 5.74) is 0.920. The van der Waals surface area contributed by atoms with Gasteiger partial charge in [0.1, 0.15) is 0 Å². The number of hydrogen-bond donors (Lipinski definition) is 1. The zero-order valence-corrected chi connectivity index (χ0v) is 12.4. The third kappa shape index (κ3) is 2.70. The van der Waals surface area contributed by atoms with Crippen molar-refractivity contribution < 1.29 is 8.42 Å². The molecule has 106 valence electrons. The van der Waals surface area contributed by atoms with Crippen LogP contribution in [0.3, 0.4) is 0 Å². The van der Waals surface area contributed by atoms with Gasteiger partial charge in [-0.3, -0.25) is 9.71 Å². The van der Waals surface area contributed by atoms with Crippen molar-refractivity contribution in [1.82, 2.24) is 4.98 Å². The molecule has 0 radical (unpaired) electrons. The summed E-state index contributed by atoms with van der Waals surface area (Å²) in [7, 11) is -3.65. The molecule has 6 heteroatoms. The molecule has 0 unspecified atom stereocenters. The monoisotopic (exact) mass is 318 g/mol.